The van der Waals surface area contributed by atoms with E-state index in [-0.39, 0.29) is 12.5 Å². The first-order chi connectivity index (χ1) is 9.74. The lowest BCUT2D eigenvalue weighted by molar-refractivity contribution is 0.0952. The molecule has 20 heavy (non-hydrogen) atoms. The van der Waals surface area contributed by atoms with Crippen LogP contribution < -0.4 is 10.1 Å². The molecule has 6 heteroatoms. The van der Waals surface area contributed by atoms with Gasteiger partial charge in [-0.15, -0.1) is 22.7 Å². The molecule has 1 amide bonds. The van der Waals surface area contributed by atoms with Crippen LogP contribution in [0.2, 0.25) is 0 Å². The normalized spacial score (nSPS) is 9.70. The van der Waals surface area contributed by atoms with E-state index in [4.69, 9.17) is 9.84 Å². The molecule has 0 aliphatic heterocycles. The Morgan fingerprint density at radius 3 is 3.10 bits per heavy atom. The molecule has 0 saturated carbocycles. The van der Waals surface area contributed by atoms with Gasteiger partial charge in [0.15, 0.2) is 0 Å². The number of hydrogen-bond acceptors (Lipinski definition) is 5. The Morgan fingerprint density at radius 2 is 2.35 bits per heavy atom. The van der Waals surface area contributed by atoms with Crippen LogP contribution >= 0.6 is 22.7 Å². The second-order valence-electron chi connectivity index (χ2n) is 3.76. The van der Waals surface area contributed by atoms with Gasteiger partial charge in [0.1, 0.15) is 17.2 Å². The quantitative estimate of drug-likeness (QED) is 0.850. The Morgan fingerprint density at radius 1 is 1.50 bits per heavy atom. The van der Waals surface area contributed by atoms with E-state index in [9.17, 15) is 4.79 Å². The number of carbonyl (C=O) groups excluding carboxylic acids is 1. The van der Waals surface area contributed by atoms with Crippen molar-refractivity contribution in [3.8, 4) is 17.6 Å². The van der Waals surface area contributed by atoms with E-state index in [1.54, 1.807) is 13.2 Å². The Bertz CT molecular complexity index is 649. The highest BCUT2D eigenvalue weighted by atomic mass is 32.1. The van der Waals surface area contributed by atoms with Crippen molar-refractivity contribution >= 4 is 28.6 Å². The van der Waals surface area contributed by atoms with Crippen LogP contribution in [0.5, 0.6) is 5.75 Å². The molecule has 2 rings (SSSR count). The summed E-state index contributed by atoms with van der Waals surface area (Å²) in [7, 11) is 1.55. The second-order valence-corrected chi connectivity index (χ2v) is 5.67. The van der Waals surface area contributed by atoms with Crippen molar-refractivity contribution in [1.82, 2.24) is 5.32 Å². The first-order valence-electron chi connectivity index (χ1n) is 5.81. The van der Waals surface area contributed by atoms with Gasteiger partial charge in [-0.3, -0.25) is 4.79 Å². The van der Waals surface area contributed by atoms with Gasteiger partial charge in [0, 0.05) is 15.8 Å². The number of aliphatic hydroxyl groups excluding tert-OH is 1. The minimum atomic E-state index is -0.153. The van der Waals surface area contributed by atoms with E-state index in [0.29, 0.717) is 17.2 Å². The molecule has 2 aromatic rings. The molecule has 2 aromatic heterocycles. The van der Waals surface area contributed by atoms with Crippen molar-refractivity contribution in [1.29, 1.82) is 0 Å². The minimum Gasteiger partial charge on any atom is -0.495 e. The van der Waals surface area contributed by atoms with Crippen LogP contribution in [0.4, 0.5) is 0 Å². The molecule has 0 atom stereocenters. The summed E-state index contributed by atoms with van der Waals surface area (Å²) < 4.78 is 5.12. The van der Waals surface area contributed by atoms with E-state index in [2.05, 4.69) is 17.2 Å². The van der Waals surface area contributed by atoms with E-state index < -0.39 is 0 Å². The van der Waals surface area contributed by atoms with Crippen molar-refractivity contribution in [2.24, 2.45) is 0 Å². The van der Waals surface area contributed by atoms with Gasteiger partial charge in [-0.05, 0) is 17.5 Å². The van der Waals surface area contributed by atoms with Gasteiger partial charge >= 0.3 is 0 Å². The standard InChI is InChI=1S/C14H13NO3S2/c1-18-12-4-6-19-13(12)14(17)15-8-11-7-10(9-20-11)3-2-5-16/h4,6-7,9,16H,5,8H2,1H3,(H,15,17). The molecular formula is C14H13NO3S2. The summed E-state index contributed by atoms with van der Waals surface area (Å²) in [6.07, 6.45) is 0. The topological polar surface area (TPSA) is 58.6 Å². The van der Waals surface area contributed by atoms with Gasteiger partial charge in [0.05, 0.1) is 13.7 Å². The third-order valence-electron chi connectivity index (χ3n) is 2.44. The molecule has 0 aromatic carbocycles. The first-order valence-corrected chi connectivity index (χ1v) is 7.57. The number of thiophene rings is 2. The van der Waals surface area contributed by atoms with Crippen LogP contribution in [-0.4, -0.2) is 24.7 Å². The zero-order chi connectivity index (χ0) is 14.4. The van der Waals surface area contributed by atoms with E-state index in [1.165, 1.54) is 22.7 Å². The lowest BCUT2D eigenvalue weighted by atomic mass is 10.3. The SMILES string of the molecule is COc1ccsc1C(=O)NCc1cc(C#CCO)cs1. The van der Waals surface area contributed by atoms with Gasteiger partial charge in [0.2, 0.25) is 0 Å². The third-order valence-corrected chi connectivity index (χ3v) is 4.28. The van der Waals surface area contributed by atoms with E-state index in [1.807, 2.05) is 16.8 Å². The molecule has 0 spiro atoms. The second kappa shape index (κ2) is 7.10. The molecule has 0 bridgehead atoms. The number of hydrogen-bond donors (Lipinski definition) is 2. The van der Waals surface area contributed by atoms with Crippen molar-refractivity contribution < 1.29 is 14.6 Å². The lowest BCUT2D eigenvalue weighted by Crippen LogP contribution is -2.21. The molecule has 2 heterocycles. The van der Waals surface area contributed by atoms with E-state index in [0.717, 1.165) is 10.4 Å². The summed E-state index contributed by atoms with van der Waals surface area (Å²) in [5, 5.41) is 15.2. The molecule has 0 aliphatic carbocycles. The Hall–Kier alpha value is -1.81. The number of carbonyl (C=O) groups is 1. The van der Waals surface area contributed by atoms with Crippen LogP contribution in [0, 0.1) is 11.8 Å². The highest BCUT2D eigenvalue weighted by molar-refractivity contribution is 7.12. The molecule has 0 aliphatic rings. The van der Waals surface area contributed by atoms with Crippen molar-refractivity contribution in [3.63, 3.8) is 0 Å². The summed E-state index contributed by atoms with van der Waals surface area (Å²) in [6, 6.07) is 3.67. The molecule has 104 valence electrons. The zero-order valence-corrected chi connectivity index (χ0v) is 12.4. The summed E-state index contributed by atoms with van der Waals surface area (Å²) >= 11 is 2.87. The summed E-state index contributed by atoms with van der Waals surface area (Å²) in [4.78, 5) is 13.6. The van der Waals surface area contributed by atoms with Gasteiger partial charge in [0.25, 0.3) is 5.91 Å². The maximum Gasteiger partial charge on any atom is 0.265 e. The van der Waals surface area contributed by atoms with Gasteiger partial charge in [-0.2, -0.15) is 0 Å². The van der Waals surface area contributed by atoms with Crippen LogP contribution in [0.15, 0.2) is 22.9 Å². The Balaban J connectivity index is 1.95. The molecule has 0 radical (unpaired) electrons. The van der Waals surface area contributed by atoms with E-state index >= 15 is 0 Å². The third kappa shape index (κ3) is 3.61. The Labute approximate surface area is 125 Å². The molecule has 2 N–H and O–H groups in total. The smallest absolute Gasteiger partial charge is 0.265 e. The van der Waals surface area contributed by atoms with Crippen LogP contribution in [-0.2, 0) is 6.54 Å². The van der Waals surface area contributed by atoms with Gasteiger partial charge < -0.3 is 15.2 Å². The van der Waals surface area contributed by atoms with Gasteiger partial charge in [-0.25, -0.2) is 0 Å². The molecule has 0 fully saturated rings. The summed E-state index contributed by atoms with van der Waals surface area (Å²) in [5.74, 6) is 5.86. The first kappa shape index (κ1) is 14.6. The van der Waals surface area contributed by atoms with Crippen molar-refractivity contribution in [2.75, 3.05) is 13.7 Å². The molecule has 0 saturated heterocycles. The van der Waals surface area contributed by atoms with Crippen LogP contribution in [0.3, 0.4) is 0 Å². The van der Waals surface area contributed by atoms with Crippen molar-refractivity contribution in [2.45, 2.75) is 6.54 Å². The van der Waals surface area contributed by atoms with Crippen molar-refractivity contribution in [3.05, 3.63) is 38.2 Å². The molecule has 4 nitrogen and oxygen atoms in total. The fourth-order valence-corrected chi connectivity index (χ4v) is 3.08. The predicted molar refractivity (Wildman–Crippen MR) is 80.3 cm³/mol. The fourth-order valence-electron chi connectivity index (χ4n) is 1.55. The van der Waals surface area contributed by atoms with Gasteiger partial charge in [-0.1, -0.05) is 11.8 Å². The van der Waals surface area contributed by atoms with Crippen LogP contribution in [0.25, 0.3) is 0 Å². The fraction of sp³-hybridized carbons (Fsp3) is 0.214. The largest absolute Gasteiger partial charge is 0.495 e. The summed E-state index contributed by atoms with van der Waals surface area (Å²) in [6.45, 7) is 0.297. The number of rotatable bonds is 4. The summed E-state index contributed by atoms with van der Waals surface area (Å²) in [5.41, 5.74) is 0.849. The maximum atomic E-state index is 12.0. The number of aliphatic hydroxyl groups is 1. The number of nitrogens with one attached hydrogen (secondary N) is 1. The highest BCUT2D eigenvalue weighted by Crippen LogP contribution is 2.24. The number of amides is 1. The maximum absolute atomic E-state index is 12.0. The van der Waals surface area contributed by atoms with Crippen LogP contribution in [0.1, 0.15) is 20.1 Å². The predicted octanol–water partition coefficient (Wildman–Crippen LogP) is 2.09. The lowest BCUT2D eigenvalue weighted by Gasteiger charge is -2.03. The number of methoxy groups -OCH3 is 1. The Kier molecular flexibility index (Phi) is 5.18. The average molecular weight is 307 g/mol. The molecule has 0 unspecified atom stereocenters. The number of ether oxygens (including phenoxy) is 1. The zero-order valence-electron chi connectivity index (χ0n) is 10.8. The molecular weight excluding hydrogens is 294 g/mol. The monoisotopic (exact) mass is 307 g/mol. The minimum absolute atomic E-state index is 0.145. The highest BCUT2D eigenvalue weighted by Gasteiger charge is 2.13. The average Bonchev–Trinajstić information content (AvgIpc) is 3.11.